The zero-order valence-electron chi connectivity index (χ0n) is 15.7. The van der Waals surface area contributed by atoms with Crippen LogP contribution in [0, 0.1) is 0 Å². The number of aromatic hydroxyl groups is 1. The van der Waals surface area contributed by atoms with Gasteiger partial charge in [-0.05, 0) is 42.3 Å². The van der Waals surface area contributed by atoms with Crippen LogP contribution in [0.25, 0.3) is 10.2 Å². The Morgan fingerprint density at radius 3 is 2.61 bits per heavy atom. The average molecular weight is 494 g/mol. The van der Waals surface area contributed by atoms with Crippen LogP contribution in [-0.4, -0.2) is 37.2 Å². The van der Waals surface area contributed by atoms with Gasteiger partial charge in [-0.1, -0.05) is 22.9 Å². The van der Waals surface area contributed by atoms with Gasteiger partial charge in [-0.2, -0.15) is 13.2 Å². The van der Waals surface area contributed by atoms with E-state index in [4.69, 9.17) is 11.6 Å². The summed E-state index contributed by atoms with van der Waals surface area (Å²) in [5.41, 5.74) is -0.498. The highest BCUT2D eigenvalue weighted by atomic mass is 35.5. The first-order valence-electron chi connectivity index (χ1n) is 8.58. The Labute approximate surface area is 183 Å². The van der Waals surface area contributed by atoms with Gasteiger partial charge in [0.25, 0.3) is 5.91 Å². The molecule has 3 rings (SSSR count). The van der Waals surface area contributed by atoms with Crippen LogP contribution in [0.4, 0.5) is 18.3 Å². The zero-order chi connectivity index (χ0) is 23.0. The van der Waals surface area contributed by atoms with Crippen molar-refractivity contribution in [2.45, 2.75) is 12.6 Å². The molecule has 0 fully saturated rings. The van der Waals surface area contributed by atoms with E-state index in [2.05, 4.69) is 15.0 Å². The Morgan fingerprint density at radius 2 is 1.97 bits per heavy atom. The molecule has 0 radical (unpaired) electrons. The predicted octanol–water partition coefficient (Wildman–Crippen LogP) is 4.02. The van der Waals surface area contributed by atoms with E-state index in [1.165, 1.54) is 18.2 Å². The van der Waals surface area contributed by atoms with E-state index >= 15 is 0 Å². The third-order valence-corrected chi connectivity index (χ3v) is 5.97. The summed E-state index contributed by atoms with van der Waals surface area (Å²) in [6.07, 6.45) is -3.45. The molecule has 1 aromatic heterocycles. The molecule has 1 amide bonds. The number of alkyl halides is 3. The highest BCUT2D eigenvalue weighted by molar-refractivity contribution is 7.88. The number of phenolic OH excluding ortho intramolecular Hbond substituents is 1. The van der Waals surface area contributed by atoms with Crippen molar-refractivity contribution in [1.82, 2.24) is 9.71 Å². The lowest BCUT2D eigenvalue weighted by molar-refractivity contribution is -0.137. The fraction of sp³-hybridized carbons (Fsp3) is 0.222. The van der Waals surface area contributed by atoms with E-state index in [1.54, 1.807) is 0 Å². The maximum Gasteiger partial charge on any atom is 0.416 e. The van der Waals surface area contributed by atoms with Crippen LogP contribution in [0.5, 0.6) is 5.75 Å². The van der Waals surface area contributed by atoms with Gasteiger partial charge in [0.2, 0.25) is 10.0 Å². The molecule has 0 aliphatic rings. The standard InChI is InChI=1S/C18H15ClF3N3O4S2/c1-31(28,29)23-5-4-9-6-11(19)8-12(15(9)26)16(27)25-17-24-13-3-2-10(18(20,21)22)7-14(13)30-17/h2-3,6-8,23,26H,4-5H2,1H3,(H,24,25,27). The summed E-state index contributed by atoms with van der Waals surface area (Å²) in [6.45, 7) is -0.0206. The Bertz CT molecular complexity index is 1260. The first-order chi connectivity index (χ1) is 14.3. The quantitative estimate of drug-likeness (QED) is 0.480. The van der Waals surface area contributed by atoms with Crippen molar-refractivity contribution in [2.75, 3.05) is 18.1 Å². The number of carbonyl (C=O) groups is 1. The molecule has 0 aliphatic carbocycles. The molecule has 7 nitrogen and oxygen atoms in total. The van der Waals surface area contributed by atoms with Gasteiger partial charge in [-0.15, -0.1) is 0 Å². The van der Waals surface area contributed by atoms with Crippen LogP contribution in [0.15, 0.2) is 30.3 Å². The number of nitrogens with one attached hydrogen (secondary N) is 2. The van der Waals surface area contributed by atoms with Crippen LogP contribution in [-0.2, 0) is 22.6 Å². The molecule has 2 aromatic carbocycles. The summed E-state index contributed by atoms with van der Waals surface area (Å²) in [5.74, 6) is -1.16. The molecule has 13 heteroatoms. The van der Waals surface area contributed by atoms with Crippen molar-refractivity contribution in [1.29, 1.82) is 0 Å². The number of sulfonamides is 1. The molecule has 0 unspecified atom stereocenters. The summed E-state index contributed by atoms with van der Waals surface area (Å²) in [7, 11) is -3.43. The second-order valence-corrected chi connectivity index (χ2v) is 9.83. The molecule has 0 saturated heterocycles. The highest BCUT2D eigenvalue weighted by Crippen LogP contribution is 2.35. The first kappa shape index (κ1) is 23.3. The van der Waals surface area contributed by atoms with Gasteiger partial charge in [0.05, 0.1) is 27.6 Å². The number of carbonyl (C=O) groups excluding carboxylic acids is 1. The zero-order valence-corrected chi connectivity index (χ0v) is 18.1. The minimum Gasteiger partial charge on any atom is -0.507 e. The van der Waals surface area contributed by atoms with Crippen LogP contribution < -0.4 is 10.0 Å². The number of thiazole rings is 1. The molecule has 0 spiro atoms. The molecular weight excluding hydrogens is 479 g/mol. The Kier molecular flexibility index (Phi) is 6.46. The van der Waals surface area contributed by atoms with Gasteiger partial charge in [0, 0.05) is 11.6 Å². The van der Waals surface area contributed by atoms with Crippen molar-refractivity contribution >= 4 is 54.2 Å². The van der Waals surface area contributed by atoms with Crippen molar-refractivity contribution in [3.05, 3.63) is 52.0 Å². The lowest BCUT2D eigenvalue weighted by Crippen LogP contribution is -2.24. The number of phenols is 1. The van der Waals surface area contributed by atoms with Crippen LogP contribution in [0.1, 0.15) is 21.5 Å². The normalized spacial score (nSPS) is 12.3. The van der Waals surface area contributed by atoms with Crippen molar-refractivity contribution < 1.29 is 31.5 Å². The van der Waals surface area contributed by atoms with Gasteiger partial charge < -0.3 is 5.11 Å². The number of benzene rings is 2. The largest absolute Gasteiger partial charge is 0.507 e. The third-order valence-electron chi connectivity index (χ3n) is 4.09. The summed E-state index contributed by atoms with van der Waals surface area (Å²) in [4.78, 5) is 16.7. The maximum absolute atomic E-state index is 12.9. The number of hydrogen-bond acceptors (Lipinski definition) is 6. The van der Waals surface area contributed by atoms with Crippen molar-refractivity contribution in [2.24, 2.45) is 0 Å². The van der Waals surface area contributed by atoms with Gasteiger partial charge in [0.15, 0.2) is 5.13 Å². The minimum atomic E-state index is -4.50. The number of rotatable bonds is 6. The summed E-state index contributed by atoms with van der Waals surface area (Å²) in [5, 5.41) is 13.0. The van der Waals surface area contributed by atoms with Gasteiger partial charge in [-0.25, -0.2) is 18.1 Å². The molecule has 3 N–H and O–H groups in total. The average Bonchev–Trinajstić information content (AvgIpc) is 3.03. The second kappa shape index (κ2) is 8.61. The fourth-order valence-corrected chi connectivity index (χ4v) is 4.32. The molecule has 31 heavy (non-hydrogen) atoms. The third kappa shape index (κ3) is 5.85. The van der Waals surface area contributed by atoms with Gasteiger partial charge in [0.1, 0.15) is 5.75 Å². The second-order valence-electron chi connectivity index (χ2n) is 6.53. The molecule has 0 bridgehead atoms. The lowest BCUT2D eigenvalue weighted by atomic mass is 10.1. The Hall–Kier alpha value is -2.41. The molecule has 3 aromatic rings. The summed E-state index contributed by atoms with van der Waals surface area (Å²) < 4.78 is 63.4. The minimum absolute atomic E-state index is 0.0206. The lowest BCUT2D eigenvalue weighted by Gasteiger charge is -2.11. The molecule has 166 valence electrons. The first-order valence-corrected chi connectivity index (χ1v) is 11.7. The van der Waals surface area contributed by atoms with E-state index in [9.17, 15) is 31.5 Å². The van der Waals surface area contributed by atoms with E-state index in [0.29, 0.717) is 0 Å². The number of amides is 1. The van der Waals surface area contributed by atoms with Gasteiger partial charge in [-0.3, -0.25) is 10.1 Å². The number of aromatic nitrogens is 1. The number of fused-ring (bicyclic) bond motifs is 1. The van der Waals surface area contributed by atoms with E-state index < -0.39 is 33.4 Å². The molecule has 0 saturated carbocycles. The molecular formula is C18H15ClF3N3O4S2. The maximum atomic E-state index is 12.9. The van der Waals surface area contributed by atoms with Crippen LogP contribution >= 0.6 is 22.9 Å². The summed E-state index contributed by atoms with van der Waals surface area (Å²) in [6, 6.07) is 5.65. The van der Waals surface area contributed by atoms with Crippen LogP contribution in [0.2, 0.25) is 5.02 Å². The monoisotopic (exact) mass is 493 g/mol. The Balaban J connectivity index is 1.83. The van der Waals surface area contributed by atoms with Crippen molar-refractivity contribution in [3.63, 3.8) is 0 Å². The van der Waals surface area contributed by atoms with E-state index in [1.807, 2.05) is 0 Å². The topological polar surface area (TPSA) is 108 Å². The highest BCUT2D eigenvalue weighted by Gasteiger charge is 2.30. The Morgan fingerprint density at radius 1 is 1.26 bits per heavy atom. The number of halogens is 4. The van der Waals surface area contributed by atoms with E-state index in [0.717, 1.165) is 29.7 Å². The molecule has 0 atom stereocenters. The molecule has 0 aliphatic heterocycles. The van der Waals surface area contributed by atoms with Crippen LogP contribution in [0.3, 0.4) is 0 Å². The van der Waals surface area contributed by atoms with E-state index in [-0.39, 0.29) is 44.5 Å². The molecule has 1 heterocycles. The SMILES string of the molecule is CS(=O)(=O)NCCc1cc(Cl)cc(C(=O)Nc2nc3ccc(C(F)(F)F)cc3s2)c1O. The van der Waals surface area contributed by atoms with Gasteiger partial charge >= 0.3 is 6.18 Å². The fourth-order valence-electron chi connectivity index (χ4n) is 2.71. The summed E-state index contributed by atoms with van der Waals surface area (Å²) >= 11 is 6.86. The number of nitrogens with zero attached hydrogens (tertiary/aromatic N) is 1. The van der Waals surface area contributed by atoms with Crippen molar-refractivity contribution in [3.8, 4) is 5.75 Å². The number of anilines is 1. The number of hydrogen-bond donors (Lipinski definition) is 3. The smallest absolute Gasteiger partial charge is 0.416 e. The predicted molar refractivity (Wildman–Crippen MR) is 112 cm³/mol.